The van der Waals surface area contributed by atoms with E-state index in [1.165, 1.54) is 12.1 Å². The molecule has 0 aliphatic rings. The van der Waals surface area contributed by atoms with Gasteiger partial charge in [0.2, 0.25) is 0 Å². The summed E-state index contributed by atoms with van der Waals surface area (Å²) in [7, 11) is -2.33. The number of para-hydroxylation sites is 1. The Balaban J connectivity index is 2.36. The number of nitrogens with one attached hydrogen (secondary N) is 2. The molecule has 2 aromatic carbocycles. The quantitative estimate of drug-likeness (QED) is 0.892. The smallest absolute Gasteiger partial charge is 0.262 e. The zero-order chi connectivity index (χ0) is 15.5. The van der Waals surface area contributed by atoms with Crippen LogP contribution in [0.5, 0.6) is 0 Å². The fourth-order valence-electron chi connectivity index (χ4n) is 1.82. The van der Waals surface area contributed by atoms with E-state index in [1.807, 2.05) is 4.72 Å². The van der Waals surface area contributed by atoms with Crippen LogP contribution in [0.3, 0.4) is 0 Å². The van der Waals surface area contributed by atoms with Gasteiger partial charge in [-0.05, 0) is 36.9 Å². The Kier molecular flexibility index (Phi) is 4.54. The molecule has 112 valence electrons. The molecule has 0 saturated heterocycles. The molecule has 0 spiro atoms. The Labute approximate surface area is 121 Å². The van der Waals surface area contributed by atoms with Gasteiger partial charge < -0.3 is 5.32 Å². The molecule has 0 amide bonds. The summed E-state index contributed by atoms with van der Waals surface area (Å²) < 4.78 is 53.4. The third kappa shape index (κ3) is 3.56. The van der Waals surface area contributed by atoms with E-state index in [2.05, 4.69) is 5.32 Å². The van der Waals surface area contributed by atoms with Gasteiger partial charge in [0.25, 0.3) is 10.0 Å². The molecule has 0 aliphatic heterocycles. The number of sulfonamides is 1. The second kappa shape index (κ2) is 6.19. The van der Waals surface area contributed by atoms with Crippen molar-refractivity contribution in [1.29, 1.82) is 0 Å². The van der Waals surface area contributed by atoms with E-state index >= 15 is 0 Å². The van der Waals surface area contributed by atoms with Crippen LogP contribution in [0.25, 0.3) is 0 Å². The summed E-state index contributed by atoms with van der Waals surface area (Å²) in [5.74, 6) is -1.94. The normalized spacial score (nSPS) is 11.4. The summed E-state index contributed by atoms with van der Waals surface area (Å²) in [5.41, 5.74) is 0.0610. The Bertz CT molecular complexity index is 728. The zero-order valence-electron chi connectivity index (χ0n) is 11.2. The van der Waals surface area contributed by atoms with Gasteiger partial charge in [-0.15, -0.1) is 0 Å². The van der Waals surface area contributed by atoms with Crippen LogP contribution in [0.1, 0.15) is 5.56 Å². The topological polar surface area (TPSA) is 58.2 Å². The monoisotopic (exact) mass is 312 g/mol. The van der Waals surface area contributed by atoms with E-state index in [9.17, 15) is 17.2 Å². The predicted octanol–water partition coefficient (Wildman–Crippen LogP) is 2.49. The van der Waals surface area contributed by atoms with Crippen molar-refractivity contribution in [2.45, 2.75) is 11.4 Å². The van der Waals surface area contributed by atoms with Crippen LogP contribution < -0.4 is 10.0 Å². The number of anilines is 1. The minimum absolute atomic E-state index is 0.0575. The summed E-state index contributed by atoms with van der Waals surface area (Å²) in [6.07, 6.45) is 0. The minimum atomic E-state index is -4.06. The highest BCUT2D eigenvalue weighted by atomic mass is 32.2. The Hall–Kier alpha value is -1.99. The molecule has 2 N–H and O–H groups in total. The summed E-state index contributed by atoms with van der Waals surface area (Å²) >= 11 is 0. The maximum absolute atomic E-state index is 13.5. The maximum Gasteiger partial charge on any atom is 0.262 e. The van der Waals surface area contributed by atoms with Crippen LogP contribution in [-0.2, 0) is 16.6 Å². The molecule has 21 heavy (non-hydrogen) atoms. The first kappa shape index (κ1) is 15.4. The molecule has 0 unspecified atom stereocenters. The van der Waals surface area contributed by atoms with E-state index < -0.39 is 27.3 Å². The molecule has 0 radical (unpaired) electrons. The SMILES string of the molecule is CNCc1cccc(S(=O)(=O)Nc2c(F)cccc2F)c1. The van der Waals surface area contributed by atoms with Crippen molar-refractivity contribution < 1.29 is 17.2 Å². The maximum atomic E-state index is 13.5. The number of benzene rings is 2. The first-order valence-electron chi connectivity index (χ1n) is 6.14. The fraction of sp³-hybridized carbons (Fsp3) is 0.143. The molecular weight excluding hydrogens is 298 g/mol. The Morgan fingerprint density at radius 2 is 1.67 bits per heavy atom. The molecule has 0 saturated carbocycles. The summed E-state index contributed by atoms with van der Waals surface area (Å²) in [4.78, 5) is -0.0575. The van der Waals surface area contributed by atoms with Crippen LogP contribution in [0.15, 0.2) is 47.4 Å². The average Bonchev–Trinajstić information content (AvgIpc) is 2.44. The standard InChI is InChI=1S/C14H14F2N2O2S/c1-17-9-10-4-2-5-11(8-10)21(19,20)18-14-12(15)6-3-7-13(14)16/h2-8,17-18H,9H2,1H3. The van der Waals surface area contributed by atoms with E-state index in [1.54, 1.807) is 19.2 Å². The van der Waals surface area contributed by atoms with Gasteiger partial charge in [0, 0.05) is 6.54 Å². The first-order chi connectivity index (χ1) is 9.94. The highest BCUT2D eigenvalue weighted by molar-refractivity contribution is 7.92. The van der Waals surface area contributed by atoms with Gasteiger partial charge in [0.15, 0.2) is 0 Å². The van der Waals surface area contributed by atoms with Gasteiger partial charge in [-0.1, -0.05) is 18.2 Å². The predicted molar refractivity (Wildman–Crippen MR) is 76.4 cm³/mol. The number of rotatable bonds is 5. The molecule has 7 heteroatoms. The lowest BCUT2D eigenvalue weighted by Crippen LogP contribution is -2.16. The molecule has 0 fully saturated rings. The highest BCUT2D eigenvalue weighted by Crippen LogP contribution is 2.22. The first-order valence-corrected chi connectivity index (χ1v) is 7.63. The molecule has 2 rings (SSSR count). The molecule has 2 aromatic rings. The lowest BCUT2D eigenvalue weighted by atomic mass is 10.2. The van der Waals surface area contributed by atoms with Crippen LogP contribution in [0, 0.1) is 11.6 Å². The van der Waals surface area contributed by atoms with E-state index in [0.717, 1.165) is 23.8 Å². The van der Waals surface area contributed by atoms with Gasteiger partial charge in [-0.3, -0.25) is 4.72 Å². The van der Waals surface area contributed by atoms with E-state index in [4.69, 9.17) is 0 Å². The van der Waals surface area contributed by atoms with Crippen molar-refractivity contribution in [3.63, 3.8) is 0 Å². The third-order valence-corrected chi connectivity index (χ3v) is 4.14. The molecule has 0 heterocycles. The van der Waals surface area contributed by atoms with Crippen molar-refractivity contribution in [3.05, 3.63) is 59.7 Å². The van der Waals surface area contributed by atoms with Gasteiger partial charge in [0.1, 0.15) is 17.3 Å². The molecule has 0 aromatic heterocycles. The van der Waals surface area contributed by atoms with Crippen molar-refractivity contribution >= 4 is 15.7 Å². The minimum Gasteiger partial charge on any atom is -0.316 e. The molecular formula is C14H14F2N2O2S. The van der Waals surface area contributed by atoms with E-state index in [-0.39, 0.29) is 4.90 Å². The number of hydrogen-bond donors (Lipinski definition) is 2. The Morgan fingerprint density at radius 1 is 1.05 bits per heavy atom. The van der Waals surface area contributed by atoms with Gasteiger partial charge in [-0.2, -0.15) is 0 Å². The second-order valence-corrected chi connectivity index (χ2v) is 6.06. The summed E-state index contributed by atoms with van der Waals surface area (Å²) in [6, 6.07) is 9.25. The average molecular weight is 312 g/mol. The lowest BCUT2D eigenvalue weighted by molar-refractivity contribution is 0.583. The van der Waals surface area contributed by atoms with Gasteiger partial charge in [-0.25, -0.2) is 17.2 Å². The molecule has 0 aliphatic carbocycles. The molecule has 0 atom stereocenters. The van der Waals surface area contributed by atoms with Crippen LogP contribution in [0.2, 0.25) is 0 Å². The van der Waals surface area contributed by atoms with Crippen molar-refractivity contribution in [3.8, 4) is 0 Å². The van der Waals surface area contributed by atoms with Crippen LogP contribution in [-0.4, -0.2) is 15.5 Å². The van der Waals surface area contributed by atoms with Crippen LogP contribution >= 0.6 is 0 Å². The van der Waals surface area contributed by atoms with Crippen LogP contribution in [0.4, 0.5) is 14.5 Å². The fourth-order valence-corrected chi connectivity index (χ4v) is 2.96. The largest absolute Gasteiger partial charge is 0.316 e. The van der Waals surface area contributed by atoms with Crippen molar-refractivity contribution in [2.75, 3.05) is 11.8 Å². The Morgan fingerprint density at radius 3 is 2.29 bits per heavy atom. The number of halogens is 2. The van der Waals surface area contributed by atoms with Gasteiger partial charge >= 0.3 is 0 Å². The van der Waals surface area contributed by atoms with E-state index in [0.29, 0.717) is 6.54 Å². The van der Waals surface area contributed by atoms with Crippen molar-refractivity contribution in [1.82, 2.24) is 5.32 Å². The van der Waals surface area contributed by atoms with Crippen molar-refractivity contribution in [2.24, 2.45) is 0 Å². The zero-order valence-corrected chi connectivity index (χ0v) is 12.0. The van der Waals surface area contributed by atoms with Gasteiger partial charge in [0.05, 0.1) is 4.90 Å². The lowest BCUT2D eigenvalue weighted by Gasteiger charge is -2.10. The summed E-state index contributed by atoms with van der Waals surface area (Å²) in [6.45, 7) is 0.484. The molecule has 4 nitrogen and oxygen atoms in total. The number of hydrogen-bond acceptors (Lipinski definition) is 3. The molecule has 0 bridgehead atoms. The highest BCUT2D eigenvalue weighted by Gasteiger charge is 2.19. The second-order valence-electron chi connectivity index (χ2n) is 4.38. The summed E-state index contributed by atoms with van der Waals surface area (Å²) in [5, 5.41) is 2.90. The third-order valence-electron chi connectivity index (χ3n) is 2.79.